The number of rotatable bonds is 5. The summed E-state index contributed by atoms with van der Waals surface area (Å²) in [7, 11) is -6.76. The van der Waals surface area contributed by atoms with Gasteiger partial charge in [-0.25, -0.2) is 0 Å². The molecular weight excluding hydrogens is 286 g/mol. The molecule has 2 rings (SSSR count). The first-order valence-corrected chi connectivity index (χ1v) is 13.0. The van der Waals surface area contributed by atoms with Crippen molar-refractivity contribution >= 4 is 15.9 Å². The molecule has 0 saturated carbocycles. The summed E-state index contributed by atoms with van der Waals surface area (Å²) < 4.78 is 30.1. The van der Waals surface area contributed by atoms with Crippen LogP contribution in [0.25, 0.3) is 0 Å². The molecule has 2 atom stereocenters. The van der Waals surface area contributed by atoms with Gasteiger partial charge in [-0.05, 0) is 36.3 Å². The molecule has 0 radical (unpaired) electrons. The molecule has 0 aromatic heterocycles. The predicted molar refractivity (Wildman–Crippen MR) is 85.7 cm³/mol. The van der Waals surface area contributed by atoms with Crippen LogP contribution in [0, 0.1) is 0 Å². The molecule has 2 aromatic rings. The van der Waals surface area contributed by atoms with Crippen molar-refractivity contribution < 1.29 is 8.22 Å². The summed E-state index contributed by atoms with van der Waals surface area (Å²) in [5, 5.41) is 0. The van der Waals surface area contributed by atoms with Crippen LogP contribution < -0.4 is 0 Å². The fourth-order valence-corrected chi connectivity index (χ4v) is 8.51. The first-order chi connectivity index (χ1) is 9.41. The van der Waals surface area contributed by atoms with Gasteiger partial charge in [0, 0.05) is 0 Å². The van der Waals surface area contributed by atoms with Crippen molar-refractivity contribution in [1.29, 1.82) is 0 Å². The largest absolute Gasteiger partial charge is 0.314 e. The van der Waals surface area contributed by atoms with Gasteiger partial charge in [-0.3, -0.25) is 0 Å². The third-order valence-electron chi connectivity index (χ3n) is 3.84. The molecule has 0 saturated heterocycles. The summed E-state index contributed by atoms with van der Waals surface area (Å²) in [5.41, 5.74) is 1.82. The van der Waals surface area contributed by atoms with E-state index in [4.69, 9.17) is 0 Å². The fourth-order valence-electron chi connectivity index (χ4n) is 2.33. The topological polar surface area (TPSA) is 0 Å². The first kappa shape index (κ1) is 15.1. The van der Waals surface area contributed by atoms with Gasteiger partial charge in [0.15, 0.2) is 0 Å². The summed E-state index contributed by atoms with van der Waals surface area (Å²) in [6.45, 7) is 3.10. The molecule has 0 nitrogen and oxygen atoms in total. The Labute approximate surface area is 121 Å². The Kier molecular flexibility index (Phi) is 4.55. The van der Waals surface area contributed by atoms with E-state index in [0.717, 1.165) is 11.1 Å². The van der Waals surface area contributed by atoms with Gasteiger partial charge in [-0.1, -0.05) is 60.7 Å². The maximum absolute atomic E-state index is 15.1. The van der Waals surface area contributed by atoms with Gasteiger partial charge in [-0.2, -0.15) is 0 Å². The molecule has 2 unspecified atom stereocenters. The number of hydrogen-bond acceptors (Lipinski definition) is 0. The van der Waals surface area contributed by atoms with Crippen molar-refractivity contribution in [2.75, 3.05) is 0 Å². The van der Waals surface area contributed by atoms with Crippen LogP contribution in [0.3, 0.4) is 0 Å². The Balaban J connectivity index is 2.14. The van der Waals surface area contributed by atoms with Gasteiger partial charge in [-0.15, -0.1) is 0 Å². The zero-order valence-electron chi connectivity index (χ0n) is 11.9. The minimum absolute atomic E-state index is 0.278. The Bertz CT molecular complexity index is 487. The van der Waals surface area contributed by atoms with Gasteiger partial charge >= 0.3 is 0 Å². The molecule has 0 bridgehead atoms. The van der Waals surface area contributed by atoms with Crippen LogP contribution in [-0.4, -0.2) is 15.9 Å². The number of halogens is 2. The molecule has 0 aliphatic carbocycles. The molecule has 0 heterocycles. The van der Waals surface area contributed by atoms with E-state index in [2.05, 4.69) is 0 Å². The van der Waals surface area contributed by atoms with Crippen molar-refractivity contribution in [2.45, 2.75) is 25.2 Å². The fraction of sp³-hybridized carbons (Fsp3) is 0.250. The SMILES string of the molecule is C[Si](F)(Cc1ccccc1)[Si](C)(F)Cc1ccccc1. The summed E-state index contributed by atoms with van der Waals surface area (Å²) >= 11 is 0. The highest BCUT2D eigenvalue weighted by Crippen LogP contribution is 2.29. The zero-order valence-corrected chi connectivity index (χ0v) is 13.9. The molecule has 0 N–H and O–H groups in total. The second-order valence-corrected chi connectivity index (χ2v) is 17.5. The van der Waals surface area contributed by atoms with Crippen molar-refractivity contribution in [3.8, 4) is 0 Å². The quantitative estimate of drug-likeness (QED) is 0.554. The maximum atomic E-state index is 15.1. The Morgan fingerprint density at radius 1 is 0.650 bits per heavy atom. The molecule has 4 heteroatoms. The van der Waals surface area contributed by atoms with Gasteiger partial charge in [0.05, 0.1) is 0 Å². The van der Waals surface area contributed by atoms with Crippen molar-refractivity contribution in [1.82, 2.24) is 0 Å². The number of hydrogen-bond donors (Lipinski definition) is 0. The molecule has 0 spiro atoms. The van der Waals surface area contributed by atoms with Crippen LogP contribution in [0.1, 0.15) is 11.1 Å². The lowest BCUT2D eigenvalue weighted by Crippen LogP contribution is -2.56. The monoisotopic (exact) mass is 306 g/mol. The molecular formula is C16H20F2Si2. The molecule has 0 aliphatic rings. The van der Waals surface area contributed by atoms with E-state index in [-0.39, 0.29) is 12.1 Å². The molecule has 106 valence electrons. The highest BCUT2D eigenvalue weighted by atomic mass is 29.3. The van der Waals surface area contributed by atoms with Crippen molar-refractivity contribution in [3.63, 3.8) is 0 Å². The van der Waals surface area contributed by atoms with Gasteiger partial charge in [0.1, 0.15) is 0 Å². The zero-order chi connectivity index (χ0) is 14.6. The maximum Gasteiger partial charge on any atom is 0.272 e. The van der Waals surface area contributed by atoms with Crippen LogP contribution in [0.5, 0.6) is 0 Å². The highest BCUT2D eigenvalue weighted by molar-refractivity contribution is 7.35. The lowest BCUT2D eigenvalue weighted by Gasteiger charge is -2.29. The van der Waals surface area contributed by atoms with Crippen LogP contribution in [0.4, 0.5) is 8.22 Å². The molecule has 2 aromatic carbocycles. The van der Waals surface area contributed by atoms with E-state index < -0.39 is 15.9 Å². The molecule has 0 aliphatic heterocycles. The normalized spacial score (nSPS) is 17.2. The summed E-state index contributed by atoms with van der Waals surface area (Å²) in [6, 6.07) is 19.4. The van der Waals surface area contributed by atoms with Crippen LogP contribution >= 0.6 is 0 Å². The van der Waals surface area contributed by atoms with Crippen molar-refractivity contribution in [3.05, 3.63) is 71.8 Å². The second kappa shape index (κ2) is 6.01. The highest BCUT2D eigenvalue weighted by Gasteiger charge is 2.52. The standard InChI is InChI=1S/C16H20F2Si2/c1-19(17,13-15-9-5-3-6-10-15)20(2,18)14-16-11-7-4-8-12-16/h3-12H,13-14H2,1-2H3. The Morgan fingerprint density at radius 2 is 0.950 bits per heavy atom. The Hall–Kier alpha value is -1.27. The molecule has 0 fully saturated rings. The van der Waals surface area contributed by atoms with Crippen LogP contribution in [0.15, 0.2) is 60.7 Å². The van der Waals surface area contributed by atoms with E-state index in [1.54, 1.807) is 13.1 Å². The summed E-state index contributed by atoms with van der Waals surface area (Å²) in [4.78, 5) is 0. The average molecular weight is 307 g/mol. The minimum atomic E-state index is -3.38. The van der Waals surface area contributed by atoms with Crippen molar-refractivity contribution in [2.24, 2.45) is 0 Å². The summed E-state index contributed by atoms with van der Waals surface area (Å²) in [6.07, 6.45) is 0. The van der Waals surface area contributed by atoms with Gasteiger partial charge < -0.3 is 8.22 Å². The van der Waals surface area contributed by atoms with Crippen LogP contribution in [-0.2, 0) is 12.1 Å². The van der Waals surface area contributed by atoms with E-state index in [0.29, 0.717) is 0 Å². The Morgan fingerprint density at radius 3 is 1.25 bits per heavy atom. The molecule has 20 heavy (non-hydrogen) atoms. The second-order valence-electron chi connectivity index (χ2n) is 5.72. The van der Waals surface area contributed by atoms with E-state index in [1.165, 1.54) is 0 Å². The predicted octanol–water partition coefficient (Wildman–Crippen LogP) is 4.72. The lowest BCUT2D eigenvalue weighted by molar-refractivity contribution is 0.741. The van der Waals surface area contributed by atoms with E-state index >= 15 is 8.22 Å². The van der Waals surface area contributed by atoms with E-state index in [1.807, 2.05) is 60.7 Å². The number of benzene rings is 2. The average Bonchev–Trinajstić information content (AvgIpc) is 2.40. The minimum Gasteiger partial charge on any atom is -0.314 e. The van der Waals surface area contributed by atoms with Gasteiger partial charge in [0.2, 0.25) is 0 Å². The lowest BCUT2D eigenvalue weighted by atomic mass is 10.2. The van der Waals surface area contributed by atoms with Gasteiger partial charge in [0.25, 0.3) is 15.9 Å². The third-order valence-corrected chi connectivity index (χ3v) is 15.7. The van der Waals surface area contributed by atoms with E-state index in [9.17, 15) is 0 Å². The smallest absolute Gasteiger partial charge is 0.272 e. The third kappa shape index (κ3) is 3.64. The summed E-state index contributed by atoms with van der Waals surface area (Å²) in [5.74, 6) is 0. The molecule has 0 amide bonds. The van der Waals surface area contributed by atoms with Crippen LogP contribution in [0.2, 0.25) is 13.1 Å². The first-order valence-electron chi connectivity index (χ1n) is 6.86.